The van der Waals surface area contributed by atoms with Crippen molar-refractivity contribution in [3.63, 3.8) is 0 Å². The minimum absolute atomic E-state index is 0.574. The largest absolute Gasteiger partial charge is 0.423 e. The molecule has 1 heterocycles. The molecule has 1 saturated carbocycles. The molecule has 1 aromatic heterocycles. The van der Waals surface area contributed by atoms with E-state index in [0.29, 0.717) is 11.9 Å². The van der Waals surface area contributed by atoms with Gasteiger partial charge in [0.05, 0.1) is 0 Å². The molecule has 0 unspecified atom stereocenters. The van der Waals surface area contributed by atoms with Crippen molar-refractivity contribution in [1.29, 1.82) is 0 Å². The van der Waals surface area contributed by atoms with Gasteiger partial charge in [0.1, 0.15) is 0 Å². The normalized spacial score (nSPS) is 17.1. The molecule has 0 atom stereocenters. The summed E-state index contributed by atoms with van der Waals surface area (Å²) in [6.45, 7) is 0. The molecule has 0 saturated heterocycles. The second-order valence-corrected chi connectivity index (χ2v) is 5.16. The molecule has 3 rings (SSSR count). The fraction of sp³-hybridized carbons (Fsp3) is 0.467. The zero-order valence-electron chi connectivity index (χ0n) is 11.0. The van der Waals surface area contributed by atoms with Crippen molar-refractivity contribution in [2.75, 3.05) is 5.32 Å². The number of hydrogen-bond donors (Lipinski definition) is 1. The molecule has 1 aromatic carbocycles. The Labute approximate surface area is 113 Å². The highest BCUT2D eigenvalue weighted by molar-refractivity contribution is 5.61. The van der Waals surface area contributed by atoms with E-state index in [1.807, 2.05) is 12.1 Å². The lowest BCUT2D eigenvalue weighted by Gasteiger charge is -2.17. The van der Waals surface area contributed by atoms with Gasteiger partial charge in [-0.2, -0.15) is 0 Å². The van der Waals surface area contributed by atoms with E-state index in [2.05, 4.69) is 27.6 Å². The monoisotopic (exact) mass is 257 g/mol. The summed E-state index contributed by atoms with van der Waals surface area (Å²) in [6, 6.07) is 8.80. The van der Waals surface area contributed by atoms with Crippen molar-refractivity contribution in [2.24, 2.45) is 0 Å². The highest BCUT2D eigenvalue weighted by atomic mass is 16.4. The van der Waals surface area contributed by atoms with Gasteiger partial charge in [-0.1, -0.05) is 31.7 Å². The molecule has 2 aromatic rings. The Bertz CT molecular complexity index is 502. The first-order valence-corrected chi connectivity index (χ1v) is 7.05. The Kier molecular flexibility index (Phi) is 3.77. The van der Waals surface area contributed by atoms with Crippen LogP contribution in [0.3, 0.4) is 0 Å². The van der Waals surface area contributed by atoms with Crippen LogP contribution in [-0.4, -0.2) is 16.2 Å². The Hall–Kier alpha value is -1.84. The number of rotatable bonds is 3. The molecule has 0 amide bonds. The third kappa shape index (κ3) is 3.13. The summed E-state index contributed by atoms with van der Waals surface area (Å²) >= 11 is 0. The van der Waals surface area contributed by atoms with Gasteiger partial charge in [0.15, 0.2) is 0 Å². The second-order valence-electron chi connectivity index (χ2n) is 5.16. The Morgan fingerprint density at radius 2 is 1.95 bits per heavy atom. The van der Waals surface area contributed by atoms with Crippen LogP contribution in [0.2, 0.25) is 0 Å². The van der Waals surface area contributed by atoms with Crippen molar-refractivity contribution in [2.45, 2.75) is 44.6 Å². The molecule has 1 N–H and O–H groups in total. The van der Waals surface area contributed by atoms with Gasteiger partial charge < -0.3 is 9.73 Å². The highest BCUT2D eigenvalue weighted by Gasteiger charge is 2.12. The minimum atomic E-state index is 0.574. The summed E-state index contributed by atoms with van der Waals surface area (Å²) in [6.07, 6.45) is 9.32. The maximum absolute atomic E-state index is 5.23. The second kappa shape index (κ2) is 5.87. The van der Waals surface area contributed by atoms with Crippen LogP contribution in [0, 0.1) is 0 Å². The van der Waals surface area contributed by atoms with Crippen LogP contribution in [0.4, 0.5) is 5.69 Å². The van der Waals surface area contributed by atoms with Gasteiger partial charge in [0, 0.05) is 17.3 Å². The first-order chi connectivity index (χ1) is 9.42. The van der Waals surface area contributed by atoms with Gasteiger partial charge in [0.2, 0.25) is 12.3 Å². The summed E-state index contributed by atoms with van der Waals surface area (Å²) < 4.78 is 5.23. The Balaban J connectivity index is 1.72. The van der Waals surface area contributed by atoms with Crippen LogP contribution in [0.5, 0.6) is 0 Å². The quantitative estimate of drug-likeness (QED) is 0.848. The van der Waals surface area contributed by atoms with Gasteiger partial charge in [-0.25, -0.2) is 0 Å². The SMILES string of the molecule is c1cc(NC2CCCCCC2)cc(-c2nnco2)c1. The fourth-order valence-corrected chi connectivity index (χ4v) is 2.70. The lowest BCUT2D eigenvalue weighted by Crippen LogP contribution is -2.18. The van der Waals surface area contributed by atoms with Crippen molar-refractivity contribution < 1.29 is 4.42 Å². The van der Waals surface area contributed by atoms with Crippen molar-refractivity contribution in [3.8, 4) is 11.5 Å². The van der Waals surface area contributed by atoms with Gasteiger partial charge in [-0.15, -0.1) is 10.2 Å². The minimum Gasteiger partial charge on any atom is -0.423 e. The van der Waals surface area contributed by atoms with E-state index >= 15 is 0 Å². The van der Waals surface area contributed by atoms with Crippen LogP contribution in [0.25, 0.3) is 11.5 Å². The number of nitrogens with zero attached hydrogens (tertiary/aromatic N) is 2. The molecule has 4 nitrogen and oxygen atoms in total. The predicted molar refractivity (Wildman–Crippen MR) is 74.8 cm³/mol. The maximum atomic E-state index is 5.23. The summed E-state index contributed by atoms with van der Waals surface area (Å²) in [5.41, 5.74) is 2.11. The molecule has 0 spiro atoms. The molecule has 1 aliphatic rings. The number of hydrogen-bond acceptors (Lipinski definition) is 4. The van der Waals surface area contributed by atoms with Gasteiger partial charge in [-0.3, -0.25) is 0 Å². The molecule has 19 heavy (non-hydrogen) atoms. The number of aromatic nitrogens is 2. The third-order valence-corrected chi connectivity index (χ3v) is 3.70. The molecule has 100 valence electrons. The Morgan fingerprint density at radius 3 is 2.68 bits per heavy atom. The van der Waals surface area contributed by atoms with Crippen LogP contribution in [-0.2, 0) is 0 Å². The highest BCUT2D eigenvalue weighted by Crippen LogP contribution is 2.24. The molecule has 1 aliphatic carbocycles. The number of benzene rings is 1. The van der Waals surface area contributed by atoms with Gasteiger partial charge >= 0.3 is 0 Å². The van der Waals surface area contributed by atoms with E-state index in [1.54, 1.807) is 0 Å². The predicted octanol–water partition coefficient (Wildman–Crippen LogP) is 3.87. The van der Waals surface area contributed by atoms with Crippen LogP contribution in [0.15, 0.2) is 35.1 Å². The summed E-state index contributed by atoms with van der Waals surface area (Å²) in [5.74, 6) is 0.574. The van der Waals surface area contributed by atoms with E-state index in [4.69, 9.17) is 4.42 Å². The Morgan fingerprint density at radius 1 is 1.11 bits per heavy atom. The lowest BCUT2D eigenvalue weighted by atomic mass is 10.1. The molecular weight excluding hydrogens is 238 g/mol. The average molecular weight is 257 g/mol. The summed E-state index contributed by atoms with van der Waals surface area (Å²) in [4.78, 5) is 0. The summed E-state index contributed by atoms with van der Waals surface area (Å²) in [7, 11) is 0. The molecule has 1 fully saturated rings. The smallest absolute Gasteiger partial charge is 0.247 e. The lowest BCUT2D eigenvalue weighted by molar-refractivity contribution is 0.568. The van der Waals surface area contributed by atoms with Crippen LogP contribution < -0.4 is 5.32 Å². The first kappa shape index (κ1) is 12.2. The third-order valence-electron chi connectivity index (χ3n) is 3.70. The van der Waals surface area contributed by atoms with Crippen molar-refractivity contribution >= 4 is 5.69 Å². The topological polar surface area (TPSA) is 51.0 Å². The standard InChI is InChI=1S/C15H19N3O/c1-2-4-8-13(7-3-1)17-14-9-5-6-12(10-14)15-18-16-11-19-15/h5-6,9-11,13,17H,1-4,7-8H2. The zero-order chi connectivity index (χ0) is 12.9. The van der Waals surface area contributed by atoms with E-state index in [1.165, 1.54) is 44.9 Å². The number of anilines is 1. The van der Waals surface area contributed by atoms with Gasteiger partial charge in [-0.05, 0) is 31.0 Å². The maximum Gasteiger partial charge on any atom is 0.247 e. The van der Waals surface area contributed by atoms with Crippen molar-refractivity contribution in [3.05, 3.63) is 30.7 Å². The molecule has 0 bridgehead atoms. The van der Waals surface area contributed by atoms with Crippen molar-refractivity contribution in [1.82, 2.24) is 10.2 Å². The van der Waals surface area contributed by atoms with Crippen LogP contribution in [0.1, 0.15) is 38.5 Å². The van der Waals surface area contributed by atoms with E-state index < -0.39 is 0 Å². The summed E-state index contributed by atoms with van der Waals surface area (Å²) in [5, 5.41) is 11.3. The first-order valence-electron chi connectivity index (χ1n) is 7.05. The zero-order valence-corrected chi connectivity index (χ0v) is 11.0. The average Bonchev–Trinajstić information content (AvgIpc) is 2.86. The van der Waals surface area contributed by atoms with E-state index in [9.17, 15) is 0 Å². The molecule has 0 aliphatic heterocycles. The molecule has 0 radical (unpaired) electrons. The fourth-order valence-electron chi connectivity index (χ4n) is 2.70. The van der Waals surface area contributed by atoms with Gasteiger partial charge in [0.25, 0.3) is 0 Å². The van der Waals surface area contributed by atoms with E-state index in [0.717, 1.165) is 11.3 Å². The molecular formula is C15H19N3O. The molecule has 4 heteroatoms. The van der Waals surface area contributed by atoms with Crippen LogP contribution >= 0.6 is 0 Å². The van der Waals surface area contributed by atoms with E-state index in [-0.39, 0.29) is 0 Å². The number of nitrogens with one attached hydrogen (secondary N) is 1.